The van der Waals surface area contributed by atoms with E-state index in [1.54, 1.807) is 12.1 Å². The van der Waals surface area contributed by atoms with Gasteiger partial charge in [0.2, 0.25) is 0 Å². The molecule has 0 saturated heterocycles. The van der Waals surface area contributed by atoms with E-state index in [-0.39, 0.29) is 16.7 Å². The fourth-order valence-electron chi connectivity index (χ4n) is 2.17. The smallest absolute Gasteiger partial charge is 0.271 e. The molecule has 0 heterocycles. The Morgan fingerprint density at radius 2 is 1.90 bits per heavy atom. The molecule has 0 aromatic heterocycles. The molecule has 1 N–H and O–H groups in total. The zero-order chi connectivity index (χ0) is 15.4. The molecule has 0 amide bonds. The molecule has 5 heteroatoms. The van der Waals surface area contributed by atoms with Gasteiger partial charge in [0.15, 0.2) is 0 Å². The summed E-state index contributed by atoms with van der Waals surface area (Å²) < 4.78 is 0. The van der Waals surface area contributed by atoms with Gasteiger partial charge in [0.05, 0.1) is 4.92 Å². The van der Waals surface area contributed by atoms with Gasteiger partial charge in [-0.3, -0.25) is 10.1 Å². The summed E-state index contributed by atoms with van der Waals surface area (Å²) in [4.78, 5) is 10.5. The van der Waals surface area contributed by atoms with Crippen molar-refractivity contribution in [1.29, 1.82) is 0 Å². The molecule has 2 aromatic carbocycles. The molecule has 0 spiro atoms. The molecule has 0 aliphatic heterocycles. The maximum atomic E-state index is 10.8. The van der Waals surface area contributed by atoms with Crippen LogP contribution < -0.4 is 5.32 Å². The molecular weight excluding hydrogens is 288 g/mol. The van der Waals surface area contributed by atoms with E-state index in [1.807, 2.05) is 38.1 Å². The summed E-state index contributed by atoms with van der Waals surface area (Å²) in [5.41, 5.74) is 3.05. The summed E-state index contributed by atoms with van der Waals surface area (Å²) in [5.74, 6) is 0. The number of hydrogen-bond donors (Lipinski definition) is 1. The van der Waals surface area contributed by atoms with Gasteiger partial charge < -0.3 is 5.32 Å². The second kappa shape index (κ2) is 6.59. The molecule has 110 valence electrons. The van der Waals surface area contributed by atoms with Crippen LogP contribution in [0.15, 0.2) is 42.5 Å². The lowest BCUT2D eigenvalue weighted by atomic mass is 10.1. The molecule has 0 saturated carbocycles. The van der Waals surface area contributed by atoms with Crippen molar-refractivity contribution in [3.05, 3.63) is 68.7 Å². The van der Waals surface area contributed by atoms with E-state index in [4.69, 9.17) is 11.6 Å². The number of rotatable bonds is 5. The maximum absolute atomic E-state index is 10.8. The van der Waals surface area contributed by atoms with Crippen LogP contribution in [0, 0.1) is 17.0 Å². The maximum Gasteiger partial charge on any atom is 0.271 e. The number of nitrogens with one attached hydrogen (secondary N) is 1. The number of nitro benzene ring substituents is 1. The van der Waals surface area contributed by atoms with Crippen LogP contribution in [-0.2, 0) is 6.42 Å². The minimum absolute atomic E-state index is 0.0989. The number of non-ortho nitro benzene ring substituents is 1. The molecule has 4 nitrogen and oxygen atoms in total. The third-order valence-corrected chi connectivity index (χ3v) is 3.54. The summed E-state index contributed by atoms with van der Waals surface area (Å²) in [6, 6.07) is 12.7. The van der Waals surface area contributed by atoms with Crippen molar-refractivity contribution in [3.63, 3.8) is 0 Å². The van der Waals surface area contributed by atoms with E-state index in [0.29, 0.717) is 5.02 Å². The third kappa shape index (κ3) is 4.20. The Hall–Kier alpha value is -2.07. The van der Waals surface area contributed by atoms with Crippen LogP contribution in [0.25, 0.3) is 0 Å². The average Bonchev–Trinajstić information content (AvgIpc) is 2.43. The van der Waals surface area contributed by atoms with Crippen molar-refractivity contribution in [2.75, 3.05) is 5.32 Å². The Bertz CT molecular complexity index is 641. The topological polar surface area (TPSA) is 55.2 Å². The molecule has 1 atom stereocenters. The van der Waals surface area contributed by atoms with Crippen LogP contribution in [-0.4, -0.2) is 11.0 Å². The first-order valence-electron chi connectivity index (χ1n) is 6.71. The number of anilines is 1. The van der Waals surface area contributed by atoms with Crippen LogP contribution in [0.5, 0.6) is 0 Å². The van der Waals surface area contributed by atoms with Crippen LogP contribution >= 0.6 is 11.6 Å². The van der Waals surface area contributed by atoms with Crippen LogP contribution in [0.1, 0.15) is 18.1 Å². The number of halogens is 1. The van der Waals surface area contributed by atoms with Gasteiger partial charge >= 0.3 is 0 Å². The largest absolute Gasteiger partial charge is 0.382 e. The predicted octanol–water partition coefficient (Wildman–Crippen LogP) is 4.60. The second-order valence-corrected chi connectivity index (χ2v) is 5.57. The highest BCUT2D eigenvalue weighted by molar-refractivity contribution is 6.30. The Labute approximate surface area is 128 Å². The van der Waals surface area contributed by atoms with Crippen molar-refractivity contribution >= 4 is 23.0 Å². The van der Waals surface area contributed by atoms with Gasteiger partial charge in [-0.05, 0) is 43.5 Å². The molecule has 0 radical (unpaired) electrons. The fraction of sp³-hybridized carbons (Fsp3) is 0.250. The van der Waals surface area contributed by atoms with Crippen LogP contribution in [0.3, 0.4) is 0 Å². The number of hydrogen-bond acceptors (Lipinski definition) is 3. The van der Waals surface area contributed by atoms with Crippen molar-refractivity contribution < 1.29 is 4.92 Å². The van der Waals surface area contributed by atoms with E-state index in [1.165, 1.54) is 11.6 Å². The molecule has 21 heavy (non-hydrogen) atoms. The first-order chi connectivity index (χ1) is 9.95. The lowest BCUT2D eigenvalue weighted by Gasteiger charge is -2.17. The molecule has 0 fully saturated rings. The van der Waals surface area contributed by atoms with Gasteiger partial charge in [0, 0.05) is 28.9 Å². The highest BCUT2D eigenvalue weighted by Gasteiger charge is 2.11. The quantitative estimate of drug-likeness (QED) is 0.649. The minimum atomic E-state index is -0.380. The molecule has 0 aliphatic carbocycles. The second-order valence-electron chi connectivity index (χ2n) is 5.13. The van der Waals surface area contributed by atoms with Gasteiger partial charge in [-0.15, -0.1) is 0 Å². The molecule has 2 rings (SSSR count). The Morgan fingerprint density at radius 1 is 1.24 bits per heavy atom. The third-order valence-electron chi connectivity index (χ3n) is 3.29. The van der Waals surface area contributed by atoms with Gasteiger partial charge in [0.25, 0.3) is 5.69 Å². The molecule has 2 aromatic rings. The number of benzene rings is 2. The van der Waals surface area contributed by atoms with Gasteiger partial charge in [-0.2, -0.15) is 0 Å². The Balaban J connectivity index is 2.08. The van der Waals surface area contributed by atoms with E-state index >= 15 is 0 Å². The van der Waals surface area contributed by atoms with Gasteiger partial charge in [-0.25, -0.2) is 0 Å². The lowest BCUT2D eigenvalue weighted by molar-refractivity contribution is -0.384. The predicted molar refractivity (Wildman–Crippen MR) is 86.1 cm³/mol. The van der Waals surface area contributed by atoms with Crippen LogP contribution in [0.2, 0.25) is 5.02 Å². The molecule has 1 unspecified atom stereocenters. The Kier molecular flexibility index (Phi) is 4.81. The molecule has 0 aliphatic rings. The standard InChI is InChI=1S/C16H17ClN2O2/c1-11-3-8-15(19(20)21)10-16(11)18-12(2)9-13-4-6-14(17)7-5-13/h3-8,10,12,18H,9H2,1-2H3. The summed E-state index contributed by atoms with van der Waals surface area (Å²) in [7, 11) is 0. The monoisotopic (exact) mass is 304 g/mol. The van der Waals surface area contributed by atoms with Crippen molar-refractivity contribution in [1.82, 2.24) is 0 Å². The SMILES string of the molecule is Cc1ccc([N+](=O)[O-])cc1NC(C)Cc1ccc(Cl)cc1. The van der Waals surface area contributed by atoms with E-state index in [0.717, 1.165) is 17.7 Å². The summed E-state index contributed by atoms with van der Waals surface area (Å²) in [6.07, 6.45) is 0.819. The molecule has 0 bridgehead atoms. The first-order valence-corrected chi connectivity index (χ1v) is 7.09. The highest BCUT2D eigenvalue weighted by Crippen LogP contribution is 2.23. The van der Waals surface area contributed by atoms with E-state index < -0.39 is 0 Å². The minimum Gasteiger partial charge on any atom is -0.382 e. The summed E-state index contributed by atoms with van der Waals surface area (Å²) in [6.45, 7) is 3.98. The normalized spacial score (nSPS) is 12.0. The zero-order valence-electron chi connectivity index (χ0n) is 12.0. The average molecular weight is 305 g/mol. The van der Waals surface area contributed by atoms with E-state index in [9.17, 15) is 10.1 Å². The van der Waals surface area contributed by atoms with E-state index in [2.05, 4.69) is 5.32 Å². The van der Waals surface area contributed by atoms with Crippen molar-refractivity contribution in [2.45, 2.75) is 26.3 Å². The Morgan fingerprint density at radius 3 is 2.52 bits per heavy atom. The zero-order valence-corrected chi connectivity index (χ0v) is 12.7. The van der Waals surface area contributed by atoms with Gasteiger partial charge in [0.1, 0.15) is 0 Å². The number of nitrogens with zero attached hydrogens (tertiary/aromatic N) is 1. The van der Waals surface area contributed by atoms with Gasteiger partial charge in [-0.1, -0.05) is 29.8 Å². The van der Waals surface area contributed by atoms with Crippen LogP contribution in [0.4, 0.5) is 11.4 Å². The highest BCUT2D eigenvalue weighted by atomic mass is 35.5. The summed E-state index contributed by atoms with van der Waals surface area (Å²) >= 11 is 5.87. The van der Waals surface area contributed by atoms with Crippen molar-refractivity contribution in [2.24, 2.45) is 0 Å². The lowest BCUT2D eigenvalue weighted by Crippen LogP contribution is -2.18. The molecular formula is C16H17ClN2O2. The van der Waals surface area contributed by atoms with Crippen molar-refractivity contribution in [3.8, 4) is 0 Å². The first kappa shape index (κ1) is 15.3. The summed E-state index contributed by atoms with van der Waals surface area (Å²) in [5, 5.41) is 14.9. The fourth-order valence-corrected chi connectivity index (χ4v) is 2.30. The number of aryl methyl sites for hydroxylation is 1. The number of nitro groups is 1.